The predicted molar refractivity (Wildman–Crippen MR) is 103 cm³/mol. The van der Waals surface area contributed by atoms with Crippen LogP contribution in [0.25, 0.3) is 0 Å². The standard InChI is InChI=1S/C18H26INO5/c1-4-25-18(24)14(9-11(2)3)20-17(23)16(22)15(21)10-12-5-7-13(19)8-6-12/h5-8,11,14-16,21-22H,4,9-10H2,1-3H3,(H,20,23)/t14?,15-,16-/m0/s1. The Morgan fingerprint density at radius 2 is 1.80 bits per heavy atom. The van der Waals surface area contributed by atoms with Gasteiger partial charge in [-0.25, -0.2) is 4.79 Å². The number of carbonyl (C=O) groups excluding carboxylic acids is 2. The van der Waals surface area contributed by atoms with Crippen LogP contribution in [0.15, 0.2) is 24.3 Å². The van der Waals surface area contributed by atoms with Gasteiger partial charge in [-0.3, -0.25) is 4.79 Å². The maximum Gasteiger partial charge on any atom is 0.328 e. The molecule has 0 fully saturated rings. The molecule has 0 saturated heterocycles. The molecule has 0 aliphatic carbocycles. The van der Waals surface area contributed by atoms with Crippen molar-refractivity contribution in [2.75, 3.05) is 6.61 Å². The molecule has 0 aliphatic heterocycles. The van der Waals surface area contributed by atoms with Gasteiger partial charge in [-0.15, -0.1) is 0 Å². The largest absolute Gasteiger partial charge is 0.464 e. The highest BCUT2D eigenvalue weighted by molar-refractivity contribution is 14.1. The normalized spacial score (nSPS) is 14.7. The van der Waals surface area contributed by atoms with Crippen LogP contribution < -0.4 is 5.32 Å². The molecule has 1 aromatic rings. The lowest BCUT2D eigenvalue weighted by Gasteiger charge is -2.23. The molecule has 6 nitrogen and oxygen atoms in total. The van der Waals surface area contributed by atoms with Crippen molar-refractivity contribution in [2.45, 2.75) is 51.9 Å². The first-order valence-corrected chi connectivity index (χ1v) is 9.40. The molecule has 0 heterocycles. The molecule has 1 unspecified atom stereocenters. The zero-order valence-electron chi connectivity index (χ0n) is 14.7. The summed E-state index contributed by atoms with van der Waals surface area (Å²) < 4.78 is 6.01. The summed E-state index contributed by atoms with van der Waals surface area (Å²) in [6.45, 7) is 5.73. The number of hydrogen-bond acceptors (Lipinski definition) is 5. The maximum absolute atomic E-state index is 12.2. The second kappa shape index (κ2) is 10.7. The van der Waals surface area contributed by atoms with Gasteiger partial charge in [-0.05, 0) is 59.5 Å². The van der Waals surface area contributed by atoms with Crippen molar-refractivity contribution in [3.05, 3.63) is 33.4 Å². The molecule has 1 amide bonds. The van der Waals surface area contributed by atoms with Crippen LogP contribution in [0.5, 0.6) is 0 Å². The lowest BCUT2D eigenvalue weighted by Crippen LogP contribution is -2.50. The van der Waals surface area contributed by atoms with Gasteiger partial charge in [0.1, 0.15) is 6.04 Å². The van der Waals surface area contributed by atoms with E-state index < -0.39 is 30.1 Å². The maximum atomic E-state index is 12.2. The van der Waals surface area contributed by atoms with Crippen molar-refractivity contribution in [3.8, 4) is 0 Å². The van der Waals surface area contributed by atoms with E-state index in [9.17, 15) is 19.8 Å². The van der Waals surface area contributed by atoms with Gasteiger partial charge in [0, 0.05) is 9.99 Å². The summed E-state index contributed by atoms with van der Waals surface area (Å²) in [4.78, 5) is 24.1. The topological polar surface area (TPSA) is 95.9 Å². The molecule has 0 bridgehead atoms. The van der Waals surface area contributed by atoms with Crippen LogP contribution in [0, 0.1) is 9.49 Å². The van der Waals surface area contributed by atoms with Crippen LogP contribution in [-0.2, 0) is 20.7 Å². The minimum absolute atomic E-state index is 0.139. The van der Waals surface area contributed by atoms with Crippen LogP contribution in [-0.4, -0.2) is 46.9 Å². The summed E-state index contributed by atoms with van der Waals surface area (Å²) in [5.41, 5.74) is 0.809. The van der Waals surface area contributed by atoms with Crippen molar-refractivity contribution >= 4 is 34.5 Å². The molecular formula is C18H26INO5. The molecule has 0 aromatic heterocycles. The predicted octanol–water partition coefficient (Wildman–Crippen LogP) is 1.65. The van der Waals surface area contributed by atoms with E-state index in [4.69, 9.17) is 4.74 Å². The molecule has 3 atom stereocenters. The third-order valence-electron chi connectivity index (χ3n) is 3.59. The summed E-state index contributed by atoms with van der Waals surface area (Å²) in [7, 11) is 0. The summed E-state index contributed by atoms with van der Waals surface area (Å²) in [5.74, 6) is -1.16. The fourth-order valence-corrected chi connectivity index (χ4v) is 2.69. The second-order valence-corrected chi connectivity index (χ2v) is 7.53. The molecule has 0 aliphatic rings. The van der Waals surface area contributed by atoms with Crippen LogP contribution >= 0.6 is 22.6 Å². The third kappa shape index (κ3) is 7.70. The number of amides is 1. The first kappa shape index (κ1) is 21.9. The van der Waals surface area contributed by atoms with Crippen molar-refractivity contribution in [1.82, 2.24) is 5.32 Å². The number of ether oxygens (including phenoxy) is 1. The van der Waals surface area contributed by atoms with Gasteiger partial charge in [0.15, 0.2) is 6.10 Å². The highest BCUT2D eigenvalue weighted by Crippen LogP contribution is 2.12. The Morgan fingerprint density at radius 1 is 1.20 bits per heavy atom. The molecule has 140 valence electrons. The average Bonchev–Trinajstić information content (AvgIpc) is 2.55. The molecule has 25 heavy (non-hydrogen) atoms. The van der Waals surface area contributed by atoms with Gasteiger partial charge in [-0.1, -0.05) is 26.0 Å². The van der Waals surface area contributed by atoms with E-state index in [-0.39, 0.29) is 18.9 Å². The van der Waals surface area contributed by atoms with E-state index in [1.165, 1.54) is 0 Å². The summed E-state index contributed by atoms with van der Waals surface area (Å²) in [6.07, 6.45) is -2.35. The van der Waals surface area contributed by atoms with Crippen molar-refractivity contribution < 1.29 is 24.5 Å². The van der Waals surface area contributed by atoms with E-state index in [0.717, 1.165) is 9.13 Å². The molecule has 1 rings (SSSR count). The zero-order valence-corrected chi connectivity index (χ0v) is 16.9. The van der Waals surface area contributed by atoms with E-state index >= 15 is 0 Å². The van der Waals surface area contributed by atoms with Crippen LogP contribution in [0.3, 0.4) is 0 Å². The molecule has 3 N–H and O–H groups in total. The Labute approximate surface area is 162 Å². The zero-order chi connectivity index (χ0) is 19.0. The van der Waals surface area contributed by atoms with E-state index in [1.807, 2.05) is 38.1 Å². The quantitative estimate of drug-likeness (QED) is 0.383. The molecule has 7 heteroatoms. The van der Waals surface area contributed by atoms with Crippen LogP contribution in [0.2, 0.25) is 0 Å². The monoisotopic (exact) mass is 463 g/mol. The Morgan fingerprint density at radius 3 is 2.32 bits per heavy atom. The molecule has 0 saturated carbocycles. The Kier molecular flexibility index (Phi) is 9.37. The van der Waals surface area contributed by atoms with Gasteiger partial charge in [0.2, 0.25) is 0 Å². The second-order valence-electron chi connectivity index (χ2n) is 6.29. The minimum atomic E-state index is -1.62. The minimum Gasteiger partial charge on any atom is -0.464 e. The number of esters is 1. The number of carbonyl (C=O) groups is 2. The lowest BCUT2D eigenvalue weighted by atomic mass is 10.0. The number of hydrogen-bond donors (Lipinski definition) is 3. The van der Waals surface area contributed by atoms with Gasteiger partial charge in [0.25, 0.3) is 5.91 Å². The van der Waals surface area contributed by atoms with Crippen LogP contribution in [0.1, 0.15) is 32.8 Å². The van der Waals surface area contributed by atoms with Crippen molar-refractivity contribution in [3.63, 3.8) is 0 Å². The Balaban J connectivity index is 2.67. The number of benzene rings is 1. The van der Waals surface area contributed by atoms with Gasteiger partial charge in [-0.2, -0.15) is 0 Å². The first-order valence-electron chi connectivity index (χ1n) is 8.32. The summed E-state index contributed by atoms with van der Waals surface area (Å²) in [5, 5.41) is 22.7. The molecule has 0 radical (unpaired) electrons. The first-order chi connectivity index (χ1) is 11.7. The van der Waals surface area contributed by atoms with Crippen molar-refractivity contribution in [1.29, 1.82) is 0 Å². The number of rotatable bonds is 9. The summed E-state index contributed by atoms with van der Waals surface area (Å²) >= 11 is 2.17. The highest BCUT2D eigenvalue weighted by atomic mass is 127. The molecule has 0 spiro atoms. The van der Waals surface area contributed by atoms with Crippen LogP contribution in [0.4, 0.5) is 0 Å². The summed E-state index contributed by atoms with van der Waals surface area (Å²) in [6, 6.07) is 6.58. The van der Waals surface area contributed by atoms with E-state index in [2.05, 4.69) is 27.9 Å². The van der Waals surface area contributed by atoms with Gasteiger partial charge >= 0.3 is 5.97 Å². The SMILES string of the molecule is CCOC(=O)C(CC(C)C)NC(=O)[C@@H](O)[C@@H](O)Cc1ccc(I)cc1. The Bertz CT molecular complexity index is 561. The lowest BCUT2D eigenvalue weighted by molar-refractivity contribution is -0.150. The fourth-order valence-electron chi connectivity index (χ4n) is 2.33. The van der Waals surface area contributed by atoms with Crippen molar-refractivity contribution in [2.24, 2.45) is 5.92 Å². The van der Waals surface area contributed by atoms with E-state index in [1.54, 1.807) is 6.92 Å². The third-order valence-corrected chi connectivity index (χ3v) is 4.31. The Hall–Kier alpha value is -1.19. The fraction of sp³-hybridized carbons (Fsp3) is 0.556. The average molecular weight is 463 g/mol. The van der Waals surface area contributed by atoms with Gasteiger partial charge < -0.3 is 20.3 Å². The number of aliphatic hydroxyl groups is 2. The van der Waals surface area contributed by atoms with Gasteiger partial charge in [0.05, 0.1) is 12.7 Å². The molecule has 1 aromatic carbocycles. The molecular weight excluding hydrogens is 437 g/mol. The number of nitrogens with one attached hydrogen (secondary N) is 1. The smallest absolute Gasteiger partial charge is 0.328 e. The highest BCUT2D eigenvalue weighted by Gasteiger charge is 2.29. The number of aliphatic hydroxyl groups excluding tert-OH is 2. The van der Waals surface area contributed by atoms with E-state index in [0.29, 0.717) is 6.42 Å². The number of halogens is 1.